The number of hydrogen-bond acceptors (Lipinski definition) is 6. The van der Waals surface area contributed by atoms with Gasteiger partial charge in [-0.2, -0.15) is 0 Å². The molecule has 1 heterocycles. The number of thioether (sulfide) groups is 1. The molecule has 156 valence electrons. The van der Waals surface area contributed by atoms with E-state index in [1.54, 1.807) is 37.3 Å². The molecule has 1 aliphatic heterocycles. The number of rotatable bonds is 6. The molecule has 0 radical (unpaired) electrons. The molecule has 0 bridgehead atoms. The number of amides is 1. The van der Waals surface area contributed by atoms with E-state index < -0.39 is 5.97 Å². The molecule has 2 aromatic rings. The van der Waals surface area contributed by atoms with Gasteiger partial charge in [-0.15, -0.1) is 0 Å². The normalized spacial score (nSPS) is 16.4. The van der Waals surface area contributed by atoms with E-state index in [0.717, 1.165) is 9.13 Å². The zero-order valence-corrected chi connectivity index (χ0v) is 19.5. The highest BCUT2D eigenvalue weighted by atomic mass is 127. The summed E-state index contributed by atoms with van der Waals surface area (Å²) in [4.78, 5) is 30.5. The molecule has 0 aliphatic carbocycles. The second-order valence-corrected chi connectivity index (χ2v) is 8.32. The van der Waals surface area contributed by atoms with Crippen molar-refractivity contribution >= 4 is 63.2 Å². The first-order valence-electron chi connectivity index (χ1n) is 8.93. The van der Waals surface area contributed by atoms with Crippen LogP contribution in [-0.2, 0) is 4.79 Å². The zero-order chi connectivity index (χ0) is 21.8. The minimum atomic E-state index is -0.996. The molecule has 1 amide bonds. The van der Waals surface area contributed by atoms with Gasteiger partial charge in [-0.1, -0.05) is 0 Å². The van der Waals surface area contributed by atoms with Gasteiger partial charge in [0.1, 0.15) is 0 Å². The van der Waals surface area contributed by atoms with E-state index in [1.165, 1.54) is 23.9 Å². The molecule has 0 aromatic heterocycles. The SMILES string of the molecule is CCN1C(=O)/C(=C\c2cc(I)c(OC)c(OC)c2)SC1=Nc1ccc(C(=O)O)cc1. The van der Waals surface area contributed by atoms with Crippen molar-refractivity contribution in [3.8, 4) is 11.5 Å². The Morgan fingerprint density at radius 3 is 2.50 bits per heavy atom. The Kier molecular flexibility index (Phi) is 7.03. The quantitative estimate of drug-likeness (QED) is 0.427. The predicted molar refractivity (Wildman–Crippen MR) is 126 cm³/mol. The Morgan fingerprint density at radius 2 is 1.93 bits per heavy atom. The summed E-state index contributed by atoms with van der Waals surface area (Å²) < 4.78 is 11.6. The van der Waals surface area contributed by atoms with Crippen molar-refractivity contribution < 1.29 is 24.2 Å². The first kappa shape index (κ1) is 22.2. The Balaban J connectivity index is 1.94. The number of halogens is 1. The fraction of sp³-hybridized carbons (Fsp3) is 0.190. The van der Waals surface area contributed by atoms with Crippen LogP contribution in [0.5, 0.6) is 11.5 Å². The van der Waals surface area contributed by atoms with Crippen molar-refractivity contribution in [1.82, 2.24) is 4.90 Å². The second-order valence-electron chi connectivity index (χ2n) is 6.14. The Morgan fingerprint density at radius 1 is 1.23 bits per heavy atom. The van der Waals surface area contributed by atoms with Gasteiger partial charge in [0, 0.05) is 6.54 Å². The maximum Gasteiger partial charge on any atom is 0.335 e. The highest BCUT2D eigenvalue weighted by Gasteiger charge is 2.32. The minimum Gasteiger partial charge on any atom is -0.493 e. The van der Waals surface area contributed by atoms with Crippen molar-refractivity contribution in [3.63, 3.8) is 0 Å². The summed E-state index contributed by atoms with van der Waals surface area (Å²) in [6, 6.07) is 9.95. The Bertz CT molecular complexity index is 1050. The van der Waals surface area contributed by atoms with Gasteiger partial charge in [-0.25, -0.2) is 9.79 Å². The van der Waals surface area contributed by atoms with Crippen molar-refractivity contribution in [1.29, 1.82) is 0 Å². The molecule has 0 saturated carbocycles. The molecule has 3 rings (SSSR count). The summed E-state index contributed by atoms with van der Waals surface area (Å²) in [5, 5.41) is 9.57. The number of methoxy groups -OCH3 is 2. The number of aromatic carboxylic acids is 1. The molecule has 0 atom stereocenters. The highest BCUT2D eigenvalue weighted by Crippen LogP contribution is 2.37. The van der Waals surface area contributed by atoms with Gasteiger partial charge < -0.3 is 14.6 Å². The van der Waals surface area contributed by atoms with Gasteiger partial charge in [0.15, 0.2) is 16.7 Å². The van der Waals surface area contributed by atoms with Crippen molar-refractivity contribution in [2.24, 2.45) is 4.99 Å². The van der Waals surface area contributed by atoms with Gasteiger partial charge in [0.2, 0.25) is 0 Å². The molecule has 1 N–H and O–H groups in total. The topological polar surface area (TPSA) is 88.4 Å². The van der Waals surface area contributed by atoms with Gasteiger partial charge >= 0.3 is 5.97 Å². The summed E-state index contributed by atoms with van der Waals surface area (Å²) in [7, 11) is 3.15. The first-order chi connectivity index (χ1) is 14.4. The molecule has 0 unspecified atom stereocenters. The van der Waals surface area contributed by atoms with Crippen LogP contribution in [0, 0.1) is 3.57 Å². The maximum absolute atomic E-state index is 12.9. The monoisotopic (exact) mass is 538 g/mol. The van der Waals surface area contributed by atoms with E-state index in [4.69, 9.17) is 14.6 Å². The maximum atomic E-state index is 12.9. The molecular weight excluding hydrogens is 519 g/mol. The van der Waals surface area contributed by atoms with Gasteiger partial charge in [-0.05, 0) is 89.3 Å². The Labute approximate surface area is 191 Å². The van der Waals surface area contributed by atoms with Crippen molar-refractivity contribution in [2.45, 2.75) is 6.92 Å². The van der Waals surface area contributed by atoms with Crippen LogP contribution >= 0.6 is 34.4 Å². The number of likely N-dealkylation sites (N-methyl/N-ethyl adjacent to an activating group) is 1. The van der Waals surface area contributed by atoms with Gasteiger partial charge in [-0.3, -0.25) is 9.69 Å². The van der Waals surface area contributed by atoms with E-state index in [9.17, 15) is 9.59 Å². The van der Waals surface area contributed by atoms with E-state index in [2.05, 4.69) is 27.6 Å². The lowest BCUT2D eigenvalue weighted by Gasteiger charge is -2.12. The van der Waals surface area contributed by atoms with Crippen LogP contribution in [0.4, 0.5) is 5.69 Å². The second kappa shape index (κ2) is 9.52. The summed E-state index contributed by atoms with van der Waals surface area (Å²) in [5.74, 6) is 0.108. The summed E-state index contributed by atoms with van der Waals surface area (Å²) >= 11 is 3.44. The Hall–Kier alpha value is -2.53. The van der Waals surface area contributed by atoms with E-state index >= 15 is 0 Å². The average molecular weight is 538 g/mol. The minimum absolute atomic E-state index is 0.131. The van der Waals surface area contributed by atoms with E-state index in [-0.39, 0.29) is 11.5 Å². The van der Waals surface area contributed by atoms with E-state index in [1.807, 2.05) is 19.1 Å². The van der Waals surface area contributed by atoms with Gasteiger partial charge in [0.25, 0.3) is 5.91 Å². The molecule has 2 aromatic carbocycles. The number of carbonyl (C=O) groups is 2. The number of nitrogens with zero attached hydrogens (tertiary/aromatic N) is 2. The third-order valence-electron chi connectivity index (χ3n) is 4.30. The lowest BCUT2D eigenvalue weighted by Crippen LogP contribution is -2.28. The highest BCUT2D eigenvalue weighted by molar-refractivity contribution is 14.1. The third kappa shape index (κ3) is 4.62. The number of hydrogen-bond donors (Lipinski definition) is 1. The number of carboxylic acid groups (broad SMARTS) is 1. The number of carbonyl (C=O) groups excluding carboxylic acids is 1. The van der Waals surface area contributed by atoms with Crippen LogP contribution < -0.4 is 9.47 Å². The molecule has 1 saturated heterocycles. The van der Waals surface area contributed by atoms with Crippen LogP contribution in [0.2, 0.25) is 0 Å². The van der Waals surface area contributed by atoms with Crippen LogP contribution in [0.15, 0.2) is 46.3 Å². The molecule has 0 spiro atoms. The largest absolute Gasteiger partial charge is 0.493 e. The molecule has 9 heteroatoms. The fourth-order valence-corrected chi connectivity index (χ4v) is 4.74. The molecular formula is C21H19IN2O5S. The number of aliphatic imine (C=N–C) groups is 1. The van der Waals surface area contributed by atoms with Crippen LogP contribution in [0.25, 0.3) is 6.08 Å². The standard InChI is InChI=1S/C21H19IN2O5S/c1-4-24-19(25)17(11-12-9-15(22)18(29-3)16(10-12)28-2)30-21(24)23-14-7-5-13(6-8-14)20(26)27/h5-11H,4H2,1-3H3,(H,26,27)/b17-11+,23-21?. The summed E-state index contributed by atoms with van der Waals surface area (Å²) in [6.07, 6.45) is 1.80. The smallest absolute Gasteiger partial charge is 0.335 e. The van der Waals surface area contributed by atoms with Crippen LogP contribution in [0.1, 0.15) is 22.8 Å². The summed E-state index contributed by atoms with van der Waals surface area (Å²) in [5.41, 5.74) is 1.58. The first-order valence-corrected chi connectivity index (χ1v) is 10.8. The third-order valence-corrected chi connectivity index (χ3v) is 6.10. The van der Waals surface area contributed by atoms with Gasteiger partial charge in [0.05, 0.1) is 33.9 Å². The van der Waals surface area contributed by atoms with E-state index in [0.29, 0.717) is 33.8 Å². The number of carboxylic acids is 1. The number of benzene rings is 2. The molecule has 1 fully saturated rings. The van der Waals surface area contributed by atoms with Crippen LogP contribution in [0.3, 0.4) is 0 Å². The zero-order valence-electron chi connectivity index (χ0n) is 16.5. The summed E-state index contributed by atoms with van der Waals surface area (Å²) in [6.45, 7) is 2.35. The van der Waals surface area contributed by atoms with Crippen molar-refractivity contribution in [3.05, 3.63) is 56.0 Å². The lowest BCUT2D eigenvalue weighted by atomic mass is 10.2. The number of ether oxygens (including phenoxy) is 2. The average Bonchev–Trinajstić information content (AvgIpc) is 3.01. The lowest BCUT2D eigenvalue weighted by molar-refractivity contribution is -0.122. The molecule has 1 aliphatic rings. The van der Waals surface area contributed by atoms with Crippen LogP contribution in [-0.4, -0.2) is 47.8 Å². The fourth-order valence-electron chi connectivity index (χ4n) is 2.83. The number of amidine groups is 1. The predicted octanol–water partition coefficient (Wildman–Crippen LogP) is 4.63. The molecule has 7 nitrogen and oxygen atoms in total. The molecule has 30 heavy (non-hydrogen) atoms. The van der Waals surface area contributed by atoms with Crippen molar-refractivity contribution in [2.75, 3.05) is 20.8 Å².